The molecule has 0 aliphatic carbocycles. The summed E-state index contributed by atoms with van der Waals surface area (Å²) >= 11 is 0. The van der Waals surface area contributed by atoms with Gasteiger partial charge in [-0.05, 0) is 54.3 Å². The lowest BCUT2D eigenvalue weighted by atomic mass is 10.1. The number of hydrogen-bond donors (Lipinski definition) is 2. The van der Waals surface area contributed by atoms with Crippen LogP contribution in [0.4, 0.5) is 4.39 Å². The van der Waals surface area contributed by atoms with Gasteiger partial charge >= 0.3 is 0 Å². The number of benzene rings is 2. The number of nitriles is 1. The first-order valence-corrected chi connectivity index (χ1v) is 7.81. The Morgan fingerprint density at radius 3 is 2.75 bits per heavy atom. The van der Waals surface area contributed by atoms with Crippen LogP contribution in [0, 0.1) is 24.1 Å². The molecule has 0 aliphatic heterocycles. The number of halogens is 1. The molecule has 0 saturated carbocycles. The molecule has 124 valence electrons. The molecule has 2 aromatic rings. The molecule has 0 saturated heterocycles. The Labute approximate surface area is 142 Å². The van der Waals surface area contributed by atoms with E-state index in [0.717, 1.165) is 23.1 Å². The molecule has 0 aromatic heterocycles. The van der Waals surface area contributed by atoms with Gasteiger partial charge in [-0.25, -0.2) is 4.39 Å². The predicted molar refractivity (Wildman–Crippen MR) is 94.2 cm³/mol. The smallest absolute Gasteiger partial charge is 0.191 e. The highest BCUT2D eigenvalue weighted by molar-refractivity contribution is 5.79. The van der Waals surface area contributed by atoms with E-state index in [1.807, 2.05) is 31.2 Å². The van der Waals surface area contributed by atoms with Gasteiger partial charge in [0.15, 0.2) is 5.96 Å². The average molecular weight is 324 g/mol. The standard InChI is InChI=1S/C19H21FN4/c1-14-10-18(20)7-6-17(14)8-9-23-19(22-2)24-13-16-5-3-4-15(11-16)12-21/h3-7,10-11H,8-9,13H2,1-2H3,(H2,22,23,24). The van der Waals surface area contributed by atoms with Gasteiger partial charge in [0.2, 0.25) is 0 Å². The molecule has 0 radical (unpaired) electrons. The van der Waals surface area contributed by atoms with Crippen molar-refractivity contribution in [2.24, 2.45) is 4.99 Å². The summed E-state index contributed by atoms with van der Waals surface area (Å²) in [4.78, 5) is 4.18. The highest BCUT2D eigenvalue weighted by Gasteiger charge is 2.02. The van der Waals surface area contributed by atoms with Crippen molar-refractivity contribution in [3.63, 3.8) is 0 Å². The summed E-state index contributed by atoms with van der Waals surface area (Å²) in [5.41, 5.74) is 3.73. The van der Waals surface area contributed by atoms with Crippen molar-refractivity contribution in [1.82, 2.24) is 10.6 Å². The Balaban J connectivity index is 1.83. The zero-order valence-electron chi connectivity index (χ0n) is 13.9. The topological polar surface area (TPSA) is 60.2 Å². The van der Waals surface area contributed by atoms with Crippen LogP contribution in [0.1, 0.15) is 22.3 Å². The molecule has 2 aromatic carbocycles. The second kappa shape index (κ2) is 8.68. The highest BCUT2D eigenvalue weighted by Crippen LogP contribution is 2.10. The van der Waals surface area contributed by atoms with Gasteiger partial charge in [-0.1, -0.05) is 18.2 Å². The molecular formula is C19H21FN4. The molecule has 0 aliphatic rings. The molecule has 0 amide bonds. The molecule has 2 rings (SSSR count). The van der Waals surface area contributed by atoms with Crippen molar-refractivity contribution in [3.8, 4) is 6.07 Å². The number of nitrogens with zero attached hydrogens (tertiary/aromatic N) is 2. The predicted octanol–water partition coefficient (Wildman–Crippen LogP) is 2.91. The summed E-state index contributed by atoms with van der Waals surface area (Å²) in [6.45, 7) is 3.20. The molecule has 0 fully saturated rings. The lowest BCUT2D eigenvalue weighted by Gasteiger charge is -2.13. The minimum Gasteiger partial charge on any atom is -0.356 e. The average Bonchev–Trinajstić information content (AvgIpc) is 2.59. The summed E-state index contributed by atoms with van der Waals surface area (Å²) in [6, 6.07) is 14.4. The number of hydrogen-bond acceptors (Lipinski definition) is 2. The maximum absolute atomic E-state index is 13.1. The number of aryl methyl sites for hydroxylation is 1. The Morgan fingerprint density at radius 1 is 1.21 bits per heavy atom. The minimum absolute atomic E-state index is 0.207. The van der Waals surface area contributed by atoms with E-state index in [1.165, 1.54) is 6.07 Å². The Bertz CT molecular complexity index is 762. The SMILES string of the molecule is CN=C(NCCc1ccc(F)cc1C)NCc1cccc(C#N)c1. The van der Waals surface area contributed by atoms with Crippen LogP contribution in [0.2, 0.25) is 0 Å². The van der Waals surface area contributed by atoms with E-state index in [9.17, 15) is 4.39 Å². The van der Waals surface area contributed by atoms with Crippen molar-refractivity contribution in [1.29, 1.82) is 5.26 Å². The van der Waals surface area contributed by atoms with Crippen molar-refractivity contribution < 1.29 is 4.39 Å². The number of aliphatic imine (C=N–C) groups is 1. The first-order chi connectivity index (χ1) is 11.6. The Morgan fingerprint density at radius 2 is 2.04 bits per heavy atom. The second-order valence-electron chi connectivity index (χ2n) is 5.49. The third-order valence-corrected chi connectivity index (χ3v) is 3.73. The van der Waals surface area contributed by atoms with Crippen LogP contribution >= 0.6 is 0 Å². The number of rotatable bonds is 5. The molecule has 2 N–H and O–H groups in total. The van der Waals surface area contributed by atoms with E-state index in [2.05, 4.69) is 21.7 Å². The zero-order chi connectivity index (χ0) is 17.4. The van der Waals surface area contributed by atoms with Crippen molar-refractivity contribution in [2.45, 2.75) is 19.9 Å². The Hall–Kier alpha value is -2.87. The fourth-order valence-electron chi connectivity index (χ4n) is 2.41. The summed E-state index contributed by atoms with van der Waals surface area (Å²) in [5, 5.41) is 15.4. The lowest BCUT2D eigenvalue weighted by molar-refractivity contribution is 0.625. The monoisotopic (exact) mass is 324 g/mol. The van der Waals surface area contributed by atoms with Gasteiger partial charge in [0.05, 0.1) is 11.6 Å². The zero-order valence-corrected chi connectivity index (χ0v) is 13.9. The summed E-state index contributed by atoms with van der Waals surface area (Å²) in [6.07, 6.45) is 0.788. The van der Waals surface area contributed by atoms with Crippen LogP contribution in [0.15, 0.2) is 47.5 Å². The first-order valence-electron chi connectivity index (χ1n) is 7.81. The summed E-state index contributed by atoms with van der Waals surface area (Å²) in [5.74, 6) is 0.485. The van der Waals surface area contributed by atoms with Gasteiger partial charge in [0.25, 0.3) is 0 Å². The van der Waals surface area contributed by atoms with Crippen molar-refractivity contribution in [3.05, 3.63) is 70.5 Å². The van der Waals surface area contributed by atoms with Crippen LogP contribution < -0.4 is 10.6 Å². The van der Waals surface area contributed by atoms with Crippen LogP contribution in [-0.4, -0.2) is 19.6 Å². The van der Waals surface area contributed by atoms with Crippen LogP contribution in [0.3, 0.4) is 0 Å². The summed E-state index contributed by atoms with van der Waals surface area (Å²) < 4.78 is 13.1. The third kappa shape index (κ3) is 5.10. The Kier molecular flexibility index (Phi) is 6.32. The maximum Gasteiger partial charge on any atom is 0.191 e. The minimum atomic E-state index is -0.207. The van der Waals surface area contributed by atoms with E-state index < -0.39 is 0 Å². The first kappa shape index (κ1) is 17.5. The van der Waals surface area contributed by atoms with E-state index in [1.54, 1.807) is 19.2 Å². The van der Waals surface area contributed by atoms with E-state index in [-0.39, 0.29) is 5.82 Å². The van der Waals surface area contributed by atoms with Crippen LogP contribution in [0.25, 0.3) is 0 Å². The van der Waals surface area contributed by atoms with Gasteiger partial charge in [0.1, 0.15) is 5.82 Å². The molecule has 4 nitrogen and oxygen atoms in total. The van der Waals surface area contributed by atoms with E-state index in [0.29, 0.717) is 24.6 Å². The number of guanidine groups is 1. The number of nitrogens with one attached hydrogen (secondary N) is 2. The molecule has 24 heavy (non-hydrogen) atoms. The van der Waals surface area contributed by atoms with Crippen LogP contribution in [0.5, 0.6) is 0 Å². The fraction of sp³-hybridized carbons (Fsp3) is 0.263. The molecule has 0 spiro atoms. The van der Waals surface area contributed by atoms with Gasteiger partial charge in [-0.15, -0.1) is 0 Å². The summed E-state index contributed by atoms with van der Waals surface area (Å²) in [7, 11) is 1.71. The fourth-order valence-corrected chi connectivity index (χ4v) is 2.41. The normalized spacial score (nSPS) is 11.0. The van der Waals surface area contributed by atoms with E-state index >= 15 is 0 Å². The van der Waals surface area contributed by atoms with Gasteiger partial charge in [0, 0.05) is 20.1 Å². The maximum atomic E-state index is 13.1. The van der Waals surface area contributed by atoms with E-state index in [4.69, 9.17) is 5.26 Å². The third-order valence-electron chi connectivity index (χ3n) is 3.73. The quantitative estimate of drug-likeness (QED) is 0.657. The highest BCUT2D eigenvalue weighted by atomic mass is 19.1. The van der Waals surface area contributed by atoms with Crippen molar-refractivity contribution >= 4 is 5.96 Å². The molecule has 5 heteroatoms. The van der Waals surface area contributed by atoms with Gasteiger partial charge in [-0.2, -0.15) is 5.26 Å². The molecule has 0 unspecified atom stereocenters. The van der Waals surface area contributed by atoms with Crippen molar-refractivity contribution in [2.75, 3.05) is 13.6 Å². The molecule has 0 heterocycles. The molecular weight excluding hydrogens is 303 g/mol. The lowest BCUT2D eigenvalue weighted by Crippen LogP contribution is -2.37. The largest absolute Gasteiger partial charge is 0.356 e. The van der Waals surface area contributed by atoms with Gasteiger partial charge in [-0.3, -0.25) is 4.99 Å². The molecule has 0 bridgehead atoms. The van der Waals surface area contributed by atoms with Gasteiger partial charge < -0.3 is 10.6 Å². The second-order valence-corrected chi connectivity index (χ2v) is 5.49. The van der Waals surface area contributed by atoms with Crippen LogP contribution in [-0.2, 0) is 13.0 Å². The molecule has 0 atom stereocenters.